The van der Waals surface area contributed by atoms with Gasteiger partial charge in [0.05, 0.1) is 6.20 Å². The van der Waals surface area contributed by atoms with Crippen LogP contribution in [0.3, 0.4) is 0 Å². The summed E-state index contributed by atoms with van der Waals surface area (Å²) < 4.78 is 6.01. The van der Waals surface area contributed by atoms with Crippen LogP contribution < -0.4 is 4.74 Å². The van der Waals surface area contributed by atoms with Gasteiger partial charge in [-0.15, -0.1) is 0 Å². The molecular weight excluding hydrogens is 462 g/mol. The summed E-state index contributed by atoms with van der Waals surface area (Å²) in [5.74, 6) is -0.264. The minimum absolute atomic E-state index is 0.107. The van der Waals surface area contributed by atoms with E-state index in [1.165, 1.54) is 24.0 Å². The Balaban J connectivity index is 1.22. The zero-order valence-electron chi connectivity index (χ0n) is 20.3. The Morgan fingerprint density at radius 3 is 2.62 bits per heavy atom. The Morgan fingerprint density at radius 2 is 1.81 bits per heavy atom. The normalized spacial score (nSPS) is 15.7. The van der Waals surface area contributed by atoms with E-state index in [0.29, 0.717) is 11.8 Å². The summed E-state index contributed by atoms with van der Waals surface area (Å²) in [4.78, 5) is 21.8. The highest BCUT2D eigenvalue weighted by atomic mass is 16.5. The number of aromatic amines is 1. The number of nitrogens with zero attached hydrogens (tertiary/aromatic N) is 2. The second-order valence-corrected chi connectivity index (χ2v) is 9.44. The Kier molecular flexibility index (Phi) is 6.16. The summed E-state index contributed by atoms with van der Waals surface area (Å²) in [5.41, 5.74) is 5.40. The van der Waals surface area contributed by atoms with Gasteiger partial charge in [-0.3, -0.25) is 4.90 Å². The molecule has 1 saturated heterocycles. The number of aromatic nitrogens is 2. The number of H-pyrrole nitrogens is 1. The molecule has 2 N–H and O–H groups in total. The lowest BCUT2D eigenvalue weighted by molar-refractivity contribution is 0.0694. The first-order chi connectivity index (χ1) is 18.1. The van der Waals surface area contributed by atoms with E-state index in [0.717, 1.165) is 35.2 Å². The van der Waals surface area contributed by atoms with Gasteiger partial charge in [0.2, 0.25) is 0 Å². The SMILES string of the molecule is O=C(O)c1ccc(-c2ccc(CN3CCCC3c3ccccc3)cc2)cc1Oc1cnc2[nH]ccc2c1. The van der Waals surface area contributed by atoms with Crippen LogP contribution >= 0.6 is 0 Å². The molecule has 3 heterocycles. The zero-order valence-corrected chi connectivity index (χ0v) is 20.3. The van der Waals surface area contributed by atoms with Crippen molar-refractivity contribution in [1.82, 2.24) is 14.9 Å². The molecule has 184 valence electrons. The van der Waals surface area contributed by atoms with Gasteiger partial charge in [-0.25, -0.2) is 9.78 Å². The number of nitrogens with one attached hydrogen (secondary N) is 1. The maximum atomic E-state index is 11.9. The Hall–Kier alpha value is -4.42. The first-order valence-electron chi connectivity index (χ1n) is 12.5. The second kappa shape index (κ2) is 9.91. The molecule has 0 saturated carbocycles. The molecule has 37 heavy (non-hydrogen) atoms. The lowest BCUT2D eigenvalue weighted by Gasteiger charge is -2.25. The smallest absolute Gasteiger partial charge is 0.339 e. The number of likely N-dealkylation sites (tertiary alicyclic amines) is 1. The Morgan fingerprint density at radius 1 is 1.00 bits per heavy atom. The van der Waals surface area contributed by atoms with Crippen LogP contribution in [0.4, 0.5) is 0 Å². The number of benzene rings is 3. The third-order valence-corrected chi connectivity index (χ3v) is 7.04. The number of hydrogen-bond donors (Lipinski definition) is 2. The van der Waals surface area contributed by atoms with Crippen LogP contribution in [0, 0.1) is 0 Å². The van der Waals surface area contributed by atoms with Crippen LogP contribution in [0.2, 0.25) is 0 Å². The van der Waals surface area contributed by atoms with Crippen molar-refractivity contribution in [2.24, 2.45) is 0 Å². The standard InChI is InChI=1S/C31H27N3O3/c35-31(36)27-13-12-24(18-29(27)37-26-17-25-14-15-32-30(25)33-19-26)22-10-8-21(9-11-22)20-34-16-4-7-28(34)23-5-2-1-3-6-23/h1-3,5-6,8-15,17-19,28H,4,7,16,20H2,(H,32,33)(H,35,36). The predicted octanol–water partition coefficient (Wildman–Crippen LogP) is 7.06. The van der Waals surface area contributed by atoms with Crippen molar-refractivity contribution in [3.8, 4) is 22.6 Å². The first kappa shape index (κ1) is 23.0. The maximum absolute atomic E-state index is 11.9. The van der Waals surface area contributed by atoms with Gasteiger partial charge in [0.25, 0.3) is 0 Å². The fraction of sp³-hybridized carbons (Fsp3) is 0.161. The highest BCUT2D eigenvalue weighted by Gasteiger charge is 2.25. The lowest BCUT2D eigenvalue weighted by atomic mass is 10.0. The number of carboxylic acids is 1. The molecule has 2 aromatic heterocycles. The molecule has 0 bridgehead atoms. The van der Waals surface area contributed by atoms with Gasteiger partial charge in [-0.2, -0.15) is 0 Å². The fourth-order valence-corrected chi connectivity index (χ4v) is 5.17. The van der Waals surface area contributed by atoms with E-state index in [4.69, 9.17) is 4.74 Å². The summed E-state index contributed by atoms with van der Waals surface area (Å²) in [6, 6.07) is 28.6. The molecule has 6 rings (SSSR count). The molecule has 0 amide bonds. The average Bonchev–Trinajstić information content (AvgIpc) is 3.59. The molecule has 1 fully saturated rings. The molecule has 0 spiro atoms. The van der Waals surface area contributed by atoms with Gasteiger partial charge >= 0.3 is 5.97 Å². The van der Waals surface area contributed by atoms with Gasteiger partial charge < -0.3 is 14.8 Å². The molecule has 1 aliphatic rings. The van der Waals surface area contributed by atoms with E-state index in [1.807, 2.05) is 18.2 Å². The zero-order chi connectivity index (χ0) is 25.2. The molecule has 0 radical (unpaired) electrons. The monoisotopic (exact) mass is 489 g/mol. The molecule has 6 heteroatoms. The first-order valence-corrected chi connectivity index (χ1v) is 12.5. The third-order valence-electron chi connectivity index (χ3n) is 7.04. The van der Waals surface area contributed by atoms with Gasteiger partial charge in [0.15, 0.2) is 0 Å². The van der Waals surface area contributed by atoms with Crippen molar-refractivity contribution in [2.45, 2.75) is 25.4 Å². The van der Waals surface area contributed by atoms with Crippen molar-refractivity contribution >= 4 is 17.0 Å². The van der Waals surface area contributed by atoms with Crippen LogP contribution in [0.15, 0.2) is 97.3 Å². The number of pyridine rings is 1. The molecule has 1 aliphatic heterocycles. The second-order valence-electron chi connectivity index (χ2n) is 9.44. The number of rotatable bonds is 7. The Bertz CT molecular complexity index is 1540. The topological polar surface area (TPSA) is 78.4 Å². The van der Waals surface area contributed by atoms with Crippen molar-refractivity contribution in [1.29, 1.82) is 0 Å². The summed E-state index contributed by atoms with van der Waals surface area (Å²) in [5, 5.41) is 10.6. The van der Waals surface area contributed by atoms with Gasteiger partial charge in [-0.05, 0) is 65.9 Å². The molecule has 3 aromatic carbocycles. The highest BCUT2D eigenvalue weighted by Crippen LogP contribution is 2.34. The van der Waals surface area contributed by atoms with Crippen LogP contribution in [-0.4, -0.2) is 32.5 Å². The summed E-state index contributed by atoms with van der Waals surface area (Å²) >= 11 is 0. The van der Waals surface area contributed by atoms with Gasteiger partial charge in [-0.1, -0.05) is 60.7 Å². The van der Waals surface area contributed by atoms with Gasteiger partial charge in [0, 0.05) is 24.2 Å². The quantitative estimate of drug-likeness (QED) is 0.256. The predicted molar refractivity (Wildman–Crippen MR) is 144 cm³/mol. The van der Waals surface area contributed by atoms with E-state index in [1.54, 1.807) is 24.5 Å². The van der Waals surface area contributed by atoms with Gasteiger partial charge in [0.1, 0.15) is 22.7 Å². The third kappa shape index (κ3) is 4.84. The van der Waals surface area contributed by atoms with Crippen LogP contribution in [0.25, 0.3) is 22.2 Å². The molecular formula is C31H27N3O3. The van der Waals surface area contributed by atoms with Crippen LogP contribution in [-0.2, 0) is 6.54 Å². The van der Waals surface area contributed by atoms with E-state index in [-0.39, 0.29) is 11.3 Å². The lowest BCUT2D eigenvalue weighted by Crippen LogP contribution is -2.22. The number of ether oxygens (including phenoxy) is 1. The molecule has 6 nitrogen and oxygen atoms in total. The van der Waals surface area contributed by atoms with Crippen molar-refractivity contribution < 1.29 is 14.6 Å². The van der Waals surface area contributed by atoms with E-state index in [2.05, 4.69) is 69.5 Å². The molecule has 1 atom stereocenters. The largest absolute Gasteiger partial charge is 0.478 e. The highest BCUT2D eigenvalue weighted by molar-refractivity contribution is 5.92. The summed E-state index contributed by atoms with van der Waals surface area (Å²) in [7, 11) is 0. The van der Waals surface area contributed by atoms with E-state index < -0.39 is 5.97 Å². The van der Waals surface area contributed by atoms with E-state index >= 15 is 0 Å². The number of aromatic carboxylic acids is 1. The van der Waals surface area contributed by atoms with Crippen molar-refractivity contribution in [3.63, 3.8) is 0 Å². The summed E-state index contributed by atoms with van der Waals surface area (Å²) in [6.45, 7) is 2.00. The number of carboxylic acid groups (broad SMARTS) is 1. The fourth-order valence-electron chi connectivity index (χ4n) is 5.17. The van der Waals surface area contributed by atoms with E-state index in [9.17, 15) is 9.90 Å². The average molecular weight is 490 g/mol. The number of carbonyl (C=O) groups is 1. The van der Waals surface area contributed by atoms with Crippen LogP contribution in [0.5, 0.6) is 11.5 Å². The minimum atomic E-state index is -1.04. The molecule has 0 aliphatic carbocycles. The minimum Gasteiger partial charge on any atom is -0.478 e. The Labute approximate surface area is 215 Å². The molecule has 1 unspecified atom stereocenters. The number of fused-ring (bicyclic) bond motifs is 1. The van der Waals surface area contributed by atoms with Crippen molar-refractivity contribution in [3.05, 3.63) is 114 Å². The van der Waals surface area contributed by atoms with Crippen LogP contribution in [0.1, 0.15) is 40.4 Å². The number of hydrogen-bond acceptors (Lipinski definition) is 4. The maximum Gasteiger partial charge on any atom is 0.339 e. The summed E-state index contributed by atoms with van der Waals surface area (Å²) in [6.07, 6.45) is 5.79. The molecule has 5 aromatic rings. The van der Waals surface area contributed by atoms with Crippen molar-refractivity contribution in [2.75, 3.05) is 6.54 Å².